The third kappa shape index (κ3) is 7.80. The van der Waals surface area contributed by atoms with E-state index in [0.717, 1.165) is 0 Å². The molecule has 0 fully saturated rings. The standard InChI is InChI=1S/C5H13NO4/c7-5(8)3-1-2-4-6(9)10/h5,7-10H,1-4H2. The summed E-state index contributed by atoms with van der Waals surface area (Å²) in [5.74, 6) is 0. The van der Waals surface area contributed by atoms with E-state index in [1.807, 2.05) is 0 Å². The van der Waals surface area contributed by atoms with E-state index in [1.165, 1.54) is 0 Å². The Morgan fingerprint density at radius 1 is 1.10 bits per heavy atom. The molecule has 62 valence electrons. The molecule has 0 aliphatic rings. The second kappa shape index (κ2) is 5.57. The van der Waals surface area contributed by atoms with Crippen molar-refractivity contribution in [3.8, 4) is 0 Å². The van der Waals surface area contributed by atoms with Crippen LogP contribution in [-0.4, -0.2) is 38.7 Å². The molecule has 0 rings (SSSR count). The zero-order chi connectivity index (χ0) is 7.98. The fourth-order valence-electron chi connectivity index (χ4n) is 0.580. The molecule has 0 saturated heterocycles. The molecule has 5 nitrogen and oxygen atoms in total. The first-order valence-corrected chi connectivity index (χ1v) is 3.14. The minimum absolute atomic E-state index is 0.0871. The zero-order valence-electron chi connectivity index (χ0n) is 5.64. The highest BCUT2D eigenvalue weighted by molar-refractivity contribution is 4.42. The summed E-state index contributed by atoms with van der Waals surface area (Å²) in [5.41, 5.74) is 0. The maximum absolute atomic E-state index is 8.33. The molecule has 0 heterocycles. The highest BCUT2D eigenvalue weighted by Crippen LogP contribution is 1.98. The smallest absolute Gasteiger partial charge is 0.151 e. The summed E-state index contributed by atoms with van der Waals surface area (Å²) in [4.78, 5) is 0. The Hall–Kier alpha value is -0.200. The van der Waals surface area contributed by atoms with E-state index in [9.17, 15) is 0 Å². The van der Waals surface area contributed by atoms with Gasteiger partial charge in [-0.25, -0.2) is 0 Å². The molecule has 0 aliphatic heterocycles. The summed E-state index contributed by atoms with van der Waals surface area (Å²) in [6, 6.07) is 0. The Kier molecular flexibility index (Phi) is 5.46. The van der Waals surface area contributed by atoms with Gasteiger partial charge in [0.2, 0.25) is 0 Å². The lowest BCUT2D eigenvalue weighted by Gasteiger charge is -2.05. The van der Waals surface area contributed by atoms with Crippen molar-refractivity contribution in [2.24, 2.45) is 0 Å². The van der Waals surface area contributed by atoms with E-state index in [-0.39, 0.29) is 18.2 Å². The quantitative estimate of drug-likeness (QED) is 0.243. The van der Waals surface area contributed by atoms with Crippen LogP contribution >= 0.6 is 0 Å². The molecule has 0 bridgehead atoms. The van der Waals surface area contributed by atoms with Crippen LogP contribution in [0.2, 0.25) is 0 Å². The predicted octanol–water partition coefficient (Wildman–Crippen LogP) is -0.452. The van der Waals surface area contributed by atoms with Crippen LogP contribution in [0.25, 0.3) is 0 Å². The number of hydrogen-bond donors (Lipinski definition) is 4. The highest BCUT2D eigenvalue weighted by atomic mass is 16.8. The van der Waals surface area contributed by atoms with Crippen LogP contribution in [0.5, 0.6) is 0 Å². The molecule has 0 aromatic heterocycles. The van der Waals surface area contributed by atoms with Crippen LogP contribution in [0.15, 0.2) is 0 Å². The topological polar surface area (TPSA) is 84.2 Å². The van der Waals surface area contributed by atoms with Crippen LogP contribution in [0.3, 0.4) is 0 Å². The Labute approximate surface area is 59.0 Å². The van der Waals surface area contributed by atoms with Crippen molar-refractivity contribution in [2.75, 3.05) is 6.54 Å². The third-order valence-electron chi connectivity index (χ3n) is 1.07. The average Bonchev–Trinajstić information content (AvgIpc) is 1.79. The summed E-state index contributed by atoms with van der Waals surface area (Å²) in [5, 5.41) is 33.1. The summed E-state index contributed by atoms with van der Waals surface area (Å²) in [6.07, 6.45) is 0.0825. The van der Waals surface area contributed by atoms with Crippen LogP contribution < -0.4 is 0 Å². The summed E-state index contributed by atoms with van der Waals surface area (Å²) >= 11 is 0. The van der Waals surface area contributed by atoms with E-state index in [1.54, 1.807) is 0 Å². The van der Waals surface area contributed by atoms with Gasteiger partial charge in [-0.3, -0.25) is 10.4 Å². The molecule has 0 radical (unpaired) electrons. The normalized spacial score (nSPS) is 11.4. The maximum atomic E-state index is 8.33. The highest BCUT2D eigenvalue weighted by Gasteiger charge is 1.98. The molecule has 5 heteroatoms. The van der Waals surface area contributed by atoms with Crippen molar-refractivity contribution in [1.82, 2.24) is 5.23 Å². The Morgan fingerprint density at radius 3 is 2.10 bits per heavy atom. The third-order valence-corrected chi connectivity index (χ3v) is 1.07. The molecule has 0 aromatic rings. The average molecular weight is 151 g/mol. The number of nitrogens with zero attached hydrogens (tertiary/aromatic N) is 1. The molecular formula is C5H13NO4. The van der Waals surface area contributed by atoms with Gasteiger partial charge in [-0.05, 0) is 19.3 Å². The van der Waals surface area contributed by atoms with Gasteiger partial charge in [0.1, 0.15) is 0 Å². The van der Waals surface area contributed by atoms with Gasteiger partial charge < -0.3 is 10.2 Å². The van der Waals surface area contributed by atoms with Gasteiger partial charge in [0.15, 0.2) is 6.29 Å². The summed E-state index contributed by atoms with van der Waals surface area (Å²) < 4.78 is 0. The van der Waals surface area contributed by atoms with E-state index >= 15 is 0 Å². The van der Waals surface area contributed by atoms with Crippen LogP contribution in [0, 0.1) is 0 Å². The first-order chi connectivity index (χ1) is 4.63. The first-order valence-electron chi connectivity index (χ1n) is 3.14. The van der Waals surface area contributed by atoms with Crippen molar-refractivity contribution in [1.29, 1.82) is 0 Å². The van der Waals surface area contributed by atoms with E-state index in [0.29, 0.717) is 12.8 Å². The van der Waals surface area contributed by atoms with Crippen LogP contribution in [0.1, 0.15) is 19.3 Å². The molecule has 0 unspecified atom stereocenters. The van der Waals surface area contributed by atoms with Crippen molar-refractivity contribution in [3.05, 3.63) is 0 Å². The van der Waals surface area contributed by atoms with Gasteiger partial charge in [-0.2, -0.15) is 0 Å². The summed E-state index contributed by atoms with van der Waals surface area (Å²) in [7, 11) is 0. The van der Waals surface area contributed by atoms with Gasteiger partial charge in [-0.1, -0.05) is 5.23 Å². The van der Waals surface area contributed by atoms with Gasteiger partial charge in [-0.15, -0.1) is 0 Å². The van der Waals surface area contributed by atoms with Gasteiger partial charge in [0, 0.05) is 0 Å². The van der Waals surface area contributed by atoms with Crippen LogP contribution in [-0.2, 0) is 0 Å². The summed E-state index contributed by atoms with van der Waals surface area (Å²) in [6.45, 7) is 0.132. The van der Waals surface area contributed by atoms with E-state index in [2.05, 4.69) is 0 Å². The van der Waals surface area contributed by atoms with Gasteiger partial charge in [0.25, 0.3) is 0 Å². The number of hydroxylamine groups is 2. The molecular weight excluding hydrogens is 138 g/mol. The Bertz CT molecular complexity index is 66.0. The van der Waals surface area contributed by atoms with Crippen molar-refractivity contribution >= 4 is 0 Å². The lowest BCUT2D eigenvalue weighted by atomic mass is 10.2. The fourth-order valence-corrected chi connectivity index (χ4v) is 0.580. The molecule has 0 saturated carbocycles. The molecule has 0 aromatic carbocycles. The molecule has 0 atom stereocenters. The molecule has 0 aliphatic carbocycles. The van der Waals surface area contributed by atoms with Crippen molar-refractivity contribution in [3.63, 3.8) is 0 Å². The lowest BCUT2D eigenvalue weighted by Crippen LogP contribution is -2.15. The zero-order valence-corrected chi connectivity index (χ0v) is 5.64. The maximum Gasteiger partial charge on any atom is 0.151 e. The number of rotatable bonds is 5. The van der Waals surface area contributed by atoms with Gasteiger partial charge >= 0.3 is 0 Å². The Balaban J connectivity index is 2.91. The lowest BCUT2D eigenvalue weighted by molar-refractivity contribution is -0.307. The Morgan fingerprint density at radius 2 is 1.70 bits per heavy atom. The molecule has 10 heavy (non-hydrogen) atoms. The minimum atomic E-state index is -1.29. The molecule has 0 spiro atoms. The minimum Gasteiger partial charge on any atom is -0.368 e. The largest absolute Gasteiger partial charge is 0.368 e. The fraction of sp³-hybridized carbons (Fsp3) is 1.00. The molecule has 4 N–H and O–H groups in total. The van der Waals surface area contributed by atoms with Crippen molar-refractivity contribution < 1.29 is 20.6 Å². The number of aliphatic hydroxyl groups excluding tert-OH is 1. The van der Waals surface area contributed by atoms with E-state index in [4.69, 9.17) is 20.6 Å². The van der Waals surface area contributed by atoms with Gasteiger partial charge in [0.05, 0.1) is 6.54 Å². The SMILES string of the molecule is OC(O)CCCCN(O)O. The van der Waals surface area contributed by atoms with Crippen molar-refractivity contribution in [2.45, 2.75) is 25.6 Å². The van der Waals surface area contributed by atoms with Crippen LogP contribution in [0.4, 0.5) is 0 Å². The number of aliphatic hydroxyl groups is 2. The number of hydrogen-bond acceptors (Lipinski definition) is 5. The predicted molar refractivity (Wildman–Crippen MR) is 32.4 cm³/mol. The monoisotopic (exact) mass is 151 g/mol. The molecule has 0 amide bonds. The second-order valence-electron chi connectivity index (χ2n) is 2.07. The number of unbranched alkanes of at least 4 members (excludes halogenated alkanes) is 1. The second-order valence-corrected chi connectivity index (χ2v) is 2.07. The first kappa shape index (κ1) is 9.80. The van der Waals surface area contributed by atoms with E-state index < -0.39 is 6.29 Å².